The number of benzene rings is 1. The fraction of sp³-hybridized carbons (Fsp3) is 0.600. The van der Waals surface area contributed by atoms with Crippen LogP contribution in [0.2, 0.25) is 0 Å². The maximum Gasteiger partial charge on any atom is 0.250 e. The minimum absolute atomic E-state index is 0.00169. The lowest BCUT2D eigenvalue weighted by Crippen LogP contribution is -2.39. The number of hydrogen-bond acceptors (Lipinski definition) is 5. The van der Waals surface area contributed by atoms with E-state index < -0.39 is 5.92 Å². The number of fused-ring (bicyclic) bond motifs is 1. The third-order valence-corrected chi connectivity index (χ3v) is 6.79. The summed E-state index contributed by atoms with van der Waals surface area (Å²) in [6, 6.07) is 5.89. The molecule has 4 rings (SSSR count). The summed E-state index contributed by atoms with van der Waals surface area (Å²) in [6.45, 7) is 2.82. The van der Waals surface area contributed by atoms with Crippen LogP contribution in [0, 0.1) is 0 Å². The standard InChI is InChI=1S/C25H33F2N3O3/c26-25(27)10-14-30(15-11-25)13-5-3-1-2-4-12-28-18-6-8-22-20(16-18)21(17-33-22)19-7-9-23(31)29-24(19)32/h6,8,16-17,19,28H,1-5,7,9-15H2,(H,29,31,32). The summed E-state index contributed by atoms with van der Waals surface area (Å²) in [4.78, 5) is 25.8. The summed E-state index contributed by atoms with van der Waals surface area (Å²) >= 11 is 0. The Labute approximate surface area is 193 Å². The second kappa shape index (κ2) is 10.6. The number of alkyl halides is 2. The number of piperidine rings is 2. The molecule has 1 aromatic carbocycles. The van der Waals surface area contributed by atoms with Gasteiger partial charge >= 0.3 is 0 Å². The highest BCUT2D eigenvalue weighted by molar-refractivity contribution is 6.02. The van der Waals surface area contributed by atoms with Crippen LogP contribution >= 0.6 is 0 Å². The Morgan fingerprint density at radius 3 is 2.64 bits per heavy atom. The first-order valence-corrected chi connectivity index (χ1v) is 12.1. The smallest absolute Gasteiger partial charge is 0.250 e. The van der Waals surface area contributed by atoms with Crippen LogP contribution in [0.4, 0.5) is 14.5 Å². The van der Waals surface area contributed by atoms with Crippen molar-refractivity contribution in [2.45, 2.75) is 69.6 Å². The second-order valence-corrected chi connectivity index (χ2v) is 9.30. The number of carbonyl (C=O) groups is 2. The van der Waals surface area contributed by atoms with Gasteiger partial charge in [-0.2, -0.15) is 0 Å². The van der Waals surface area contributed by atoms with E-state index in [0.717, 1.165) is 67.4 Å². The topological polar surface area (TPSA) is 74.6 Å². The molecule has 180 valence electrons. The number of likely N-dealkylation sites (tertiary alicyclic amines) is 1. The van der Waals surface area contributed by atoms with Crippen LogP contribution in [0.15, 0.2) is 28.9 Å². The molecule has 2 fully saturated rings. The normalized spacial score (nSPS) is 21.3. The van der Waals surface area contributed by atoms with Crippen LogP contribution in [-0.4, -0.2) is 48.8 Å². The monoisotopic (exact) mass is 461 g/mol. The van der Waals surface area contributed by atoms with Gasteiger partial charge in [-0.1, -0.05) is 19.3 Å². The van der Waals surface area contributed by atoms with Gasteiger partial charge in [0.15, 0.2) is 0 Å². The number of imide groups is 1. The molecule has 0 bridgehead atoms. The molecule has 33 heavy (non-hydrogen) atoms. The summed E-state index contributed by atoms with van der Waals surface area (Å²) in [6.07, 6.45) is 7.99. The molecule has 0 saturated carbocycles. The van der Waals surface area contributed by atoms with E-state index in [1.807, 2.05) is 18.2 Å². The molecule has 2 amide bonds. The average Bonchev–Trinajstić information content (AvgIpc) is 3.19. The number of halogens is 2. The number of unbranched alkanes of at least 4 members (excludes halogenated alkanes) is 4. The van der Waals surface area contributed by atoms with Crippen molar-refractivity contribution >= 4 is 28.5 Å². The van der Waals surface area contributed by atoms with Gasteiger partial charge in [-0.3, -0.25) is 14.9 Å². The fourth-order valence-corrected chi connectivity index (χ4v) is 4.75. The maximum atomic E-state index is 13.2. The van der Waals surface area contributed by atoms with Crippen molar-refractivity contribution in [1.82, 2.24) is 10.2 Å². The summed E-state index contributed by atoms with van der Waals surface area (Å²) in [5.74, 6) is -3.30. The Morgan fingerprint density at radius 1 is 1.09 bits per heavy atom. The average molecular weight is 462 g/mol. The number of amides is 2. The molecule has 2 N–H and O–H groups in total. The molecule has 1 aromatic heterocycles. The van der Waals surface area contributed by atoms with Gasteiger partial charge in [0.05, 0.1) is 12.2 Å². The molecule has 2 aliphatic rings. The Kier molecular flexibility index (Phi) is 7.63. The summed E-state index contributed by atoms with van der Waals surface area (Å²) in [5.41, 5.74) is 2.55. The molecular formula is C25H33F2N3O3. The minimum Gasteiger partial charge on any atom is -0.464 e. The van der Waals surface area contributed by atoms with Crippen LogP contribution in [0.25, 0.3) is 11.0 Å². The van der Waals surface area contributed by atoms with E-state index in [1.54, 1.807) is 6.26 Å². The molecule has 6 nitrogen and oxygen atoms in total. The number of nitrogens with one attached hydrogen (secondary N) is 2. The van der Waals surface area contributed by atoms with Gasteiger partial charge in [0.2, 0.25) is 11.8 Å². The molecule has 0 aliphatic carbocycles. The lowest BCUT2D eigenvalue weighted by Gasteiger charge is -2.31. The van der Waals surface area contributed by atoms with Crippen molar-refractivity contribution in [2.24, 2.45) is 0 Å². The molecule has 1 atom stereocenters. The van der Waals surface area contributed by atoms with E-state index in [2.05, 4.69) is 15.5 Å². The van der Waals surface area contributed by atoms with E-state index in [9.17, 15) is 18.4 Å². The van der Waals surface area contributed by atoms with E-state index in [1.165, 1.54) is 0 Å². The van der Waals surface area contributed by atoms with E-state index in [-0.39, 0.29) is 30.6 Å². The summed E-state index contributed by atoms with van der Waals surface area (Å²) in [7, 11) is 0. The van der Waals surface area contributed by atoms with Crippen molar-refractivity contribution < 1.29 is 22.8 Å². The van der Waals surface area contributed by atoms with Gasteiger partial charge in [-0.15, -0.1) is 0 Å². The lowest BCUT2D eigenvalue weighted by molar-refractivity contribution is -0.134. The van der Waals surface area contributed by atoms with Crippen molar-refractivity contribution in [3.63, 3.8) is 0 Å². The number of carbonyl (C=O) groups excluding carboxylic acids is 2. The van der Waals surface area contributed by atoms with Crippen LogP contribution in [-0.2, 0) is 9.59 Å². The van der Waals surface area contributed by atoms with Crippen molar-refractivity contribution in [1.29, 1.82) is 0 Å². The largest absolute Gasteiger partial charge is 0.464 e. The van der Waals surface area contributed by atoms with E-state index in [4.69, 9.17) is 4.42 Å². The first-order valence-electron chi connectivity index (χ1n) is 12.1. The van der Waals surface area contributed by atoms with Gasteiger partial charge in [-0.25, -0.2) is 8.78 Å². The van der Waals surface area contributed by atoms with Crippen LogP contribution < -0.4 is 10.6 Å². The zero-order valence-electron chi connectivity index (χ0n) is 19.0. The van der Waals surface area contributed by atoms with E-state index >= 15 is 0 Å². The van der Waals surface area contributed by atoms with Crippen LogP contribution in [0.1, 0.15) is 69.3 Å². The highest BCUT2D eigenvalue weighted by Gasteiger charge is 2.33. The highest BCUT2D eigenvalue weighted by atomic mass is 19.3. The lowest BCUT2D eigenvalue weighted by atomic mass is 9.90. The molecule has 0 radical (unpaired) electrons. The Hall–Kier alpha value is -2.48. The van der Waals surface area contributed by atoms with Crippen LogP contribution in [0.3, 0.4) is 0 Å². The van der Waals surface area contributed by atoms with Crippen molar-refractivity contribution in [2.75, 3.05) is 31.5 Å². The second-order valence-electron chi connectivity index (χ2n) is 9.30. The van der Waals surface area contributed by atoms with E-state index in [0.29, 0.717) is 25.9 Å². The van der Waals surface area contributed by atoms with Gasteiger partial charge in [0, 0.05) is 55.5 Å². The number of rotatable bonds is 10. The van der Waals surface area contributed by atoms with Crippen molar-refractivity contribution in [3.8, 4) is 0 Å². The highest BCUT2D eigenvalue weighted by Crippen LogP contribution is 2.34. The molecular weight excluding hydrogens is 428 g/mol. The Balaban J connectivity index is 1.16. The van der Waals surface area contributed by atoms with Gasteiger partial charge in [-0.05, 0) is 44.0 Å². The zero-order valence-corrected chi connectivity index (χ0v) is 19.0. The number of furan rings is 1. The number of hydrogen-bond donors (Lipinski definition) is 2. The molecule has 3 heterocycles. The zero-order chi connectivity index (χ0) is 23.3. The molecule has 2 aliphatic heterocycles. The molecule has 0 spiro atoms. The maximum absolute atomic E-state index is 13.2. The first-order chi connectivity index (χ1) is 15.9. The predicted molar refractivity (Wildman–Crippen MR) is 124 cm³/mol. The summed E-state index contributed by atoms with van der Waals surface area (Å²) < 4.78 is 32.0. The van der Waals surface area contributed by atoms with Gasteiger partial charge in [0.25, 0.3) is 5.92 Å². The van der Waals surface area contributed by atoms with Crippen LogP contribution in [0.5, 0.6) is 0 Å². The number of anilines is 1. The molecule has 2 aromatic rings. The fourth-order valence-electron chi connectivity index (χ4n) is 4.75. The van der Waals surface area contributed by atoms with Gasteiger partial charge < -0.3 is 14.6 Å². The predicted octanol–water partition coefficient (Wildman–Crippen LogP) is 5.05. The third kappa shape index (κ3) is 6.31. The van der Waals surface area contributed by atoms with Crippen molar-refractivity contribution in [3.05, 3.63) is 30.0 Å². The molecule has 8 heteroatoms. The third-order valence-electron chi connectivity index (χ3n) is 6.79. The first kappa shape index (κ1) is 23.7. The minimum atomic E-state index is -2.46. The quantitative estimate of drug-likeness (QED) is 0.383. The Bertz CT molecular complexity index is 965. The molecule has 2 saturated heterocycles. The Morgan fingerprint density at radius 2 is 1.85 bits per heavy atom. The summed E-state index contributed by atoms with van der Waals surface area (Å²) in [5, 5.41) is 6.77. The number of nitrogens with zero attached hydrogens (tertiary/aromatic N) is 1. The molecule has 1 unspecified atom stereocenters. The SMILES string of the molecule is O=C1CCC(c2coc3ccc(NCCCCCCCN4CCC(F)(F)CC4)cc23)C(=O)N1. The van der Waals surface area contributed by atoms with Gasteiger partial charge in [0.1, 0.15) is 5.58 Å².